The third-order valence-corrected chi connectivity index (χ3v) is 3.59. The quantitative estimate of drug-likeness (QED) is 0.676. The molecule has 98 valence electrons. The maximum Gasteiger partial charge on any atom is 0.248 e. The van der Waals surface area contributed by atoms with Gasteiger partial charge in [-0.25, -0.2) is 0 Å². The van der Waals surface area contributed by atoms with Crippen molar-refractivity contribution in [2.45, 2.75) is 25.3 Å². The number of benzene rings is 1. The first-order valence-corrected chi connectivity index (χ1v) is 7.03. The van der Waals surface area contributed by atoms with Crippen molar-refractivity contribution in [2.24, 2.45) is 5.73 Å². The van der Waals surface area contributed by atoms with E-state index in [9.17, 15) is 4.79 Å². The maximum absolute atomic E-state index is 11.0. The fraction of sp³-hybridized carbons (Fsp3) is 0.462. The highest BCUT2D eigenvalue weighted by molar-refractivity contribution is 9.10. The molecule has 1 aliphatic rings. The Labute approximate surface area is 115 Å². The van der Waals surface area contributed by atoms with Gasteiger partial charge < -0.3 is 16.4 Å². The number of hydrogen-bond acceptors (Lipinski definition) is 3. The van der Waals surface area contributed by atoms with Crippen LogP contribution in [0.2, 0.25) is 0 Å². The predicted molar refractivity (Wildman–Crippen MR) is 76.8 cm³/mol. The van der Waals surface area contributed by atoms with Crippen LogP contribution < -0.4 is 16.4 Å². The molecular formula is C13H18BrN3O. The van der Waals surface area contributed by atoms with Crippen molar-refractivity contribution < 1.29 is 4.79 Å². The highest BCUT2D eigenvalue weighted by Crippen LogP contribution is 2.23. The normalized spacial score (nSPS) is 14.5. The van der Waals surface area contributed by atoms with Crippen LogP contribution in [0.15, 0.2) is 22.7 Å². The summed E-state index contributed by atoms with van der Waals surface area (Å²) in [6, 6.07) is 6.12. The zero-order chi connectivity index (χ0) is 13.0. The second kappa shape index (κ2) is 6.20. The second-order valence-corrected chi connectivity index (χ2v) is 5.42. The van der Waals surface area contributed by atoms with E-state index in [1.807, 2.05) is 6.07 Å². The summed E-state index contributed by atoms with van der Waals surface area (Å²) in [4.78, 5) is 11.0. The Balaban J connectivity index is 1.75. The van der Waals surface area contributed by atoms with Gasteiger partial charge in [0.05, 0.1) is 0 Å². The Morgan fingerprint density at radius 2 is 2.17 bits per heavy atom. The zero-order valence-corrected chi connectivity index (χ0v) is 11.8. The van der Waals surface area contributed by atoms with E-state index in [-0.39, 0.29) is 0 Å². The summed E-state index contributed by atoms with van der Waals surface area (Å²) in [5, 5.41) is 6.80. The molecule has 1 aromatic rings. The molecular weight excluding hydrogens is 294 g/mol. The first-order chi connectivity index (χ1) is 8.66. The number of amides is 1. The lowest BCUT2D eigenvalue weighted by Crippen LogP contribution is -2.20. The van der Waals surface area contributed by atoms with E-state index in [1.165, 1.54) is 12.8 Å². The highest BCUT2D eigenvalue weighted by Gasteiger charge is 2.19. The molecule has 1 aliphatic carbocycles. The van der Waals surface area contributed by atoms with Gasteiger partial charge in [-0.05, 0) is 59.9 Å². The summed E-state index contributed by atoms with van der Waals surface area (Å²) >= 11 is 3.43. The van der Waals surface area contributed by atoms with Crippen LogP contribution in [-0.2, 0) is 0 Å². The van der Waals surface area contributed by atoms with Gasteiger partial charge in [0.15, 0.2) is 0 Å². The Kier molecular flexibility index (Phi) is 4.60. The van der Waals surface area contributed by atoms with Crippen LogP contribution in [0.25, 0.3) is 0 Å². The number of rotatable bonds is 7. The van der Waals surface area contributed by atoms with E-state index in [0.29, 0.717) is 5.56 Å². The number of anilines is 1. The lowest BCUT2D eigenvalue weighted by atomic mass is 10.2. The molecule has 0 unspecified atom stereocenters. The standard InChI is InChI=1S/C13H18BrN3O/c14-11-8-9(13(15)18)2-5-12(11)17-7-1-6-16-10-3-4-10/h2,5,8,10,16-17H,1,3-4,6-7H2,(H2,15,18). The summed E-state index contributed by atoms with van der Waals surface area (Å²) in [6.07, 6.45) is 3.74. The third kappa shape index (κ3) is 3.99. The zero-order valence-electron chi connectivity index (χ0n) is 10.2. The van der Waals surface area contributed by atoms with Crippen LogP contribution in [0.4, 0.5) is 5.69 Å². The highest BCUT2D eigenvalue weighted by atomic mass is 79.9. The Bertz CT molecular complexity index is 432. The van der Waals surface area contributed by atoms with Gasteiger partial charge in [0.25, 0.3) is 0 Å². The largest absolute Gasteiger partial charge is 0.384 e. The minimum Gasteiger partial charge on any atom is -0.384 e. The number of nitrogens with two attached hydrogens (primary N) is 1. The summed E-state index contributed by atoms with van der Waals surface area (Å²) in [5.74, 6) is -0.407. The van der Waals surface area contributed by atoms with Crippen molar-refractivity contribution in [2.75, 3.05) is 18.4 Å². The Morgan fingerprint density at radius 3 is 2.78 bits per heavy atom. The van der Waals surface area contributed by atoms with Crippen molar-refractivity contribution in [3.05, 3.63) is 28.2 Å². The number of primary amides is 1. The molecule has 0 spiro atoms. The molecule has 0 bridgehead atoms. The molecule has 0 aliphatic heterocycles. The number of nitrogens with one attached hydrogen (secondary N) is 2. The van der Waals surface area contributed by atoms with E-state index in [0.717, 1.165) is 35.7 Å². The van der Waals surface area contributed by atoms with Crippen molar-refractivity contribution in [1.82, 2.24) is 5.32 Å². The third-order valence-electron chi connectivity index (χ3n) is 2.93. The molecule has 0 radical (unpaired) electrons. The molecule has 4 N–H and O–H groups in total. The minimum absolute atomic E-state index is 0.407. The first kappa shape index (κ1) is 13.4. The SMILES string of the molecule is NC(=O)c1ccc(NCCCNC2CC2)c(Br)c1. The van der Waals surface area contributed by atoms with E-state index in [2.05, 4.69) is 26.6 Å². The van der Waals surface area contributed by atoms with Crippen molar-refractivity contribution in [3.63, 3.8) is 0 Å². The fourth-order valence-corrected chi connectivity index (χ4v) is 2.24. The summed E-state index contributed by atoms with van der Waals surface area (Å²) in [7, 11) is 0. The molecule has 18 heavy (non-hydrogen) atoms. The van der Waals surface area contributed by atoms with Gasteiger partial charge in [0, 0.05) is 28.3 Å². The summed E-state index contributed by atoms with van der Waals surface area (Å²) < 4.78 is 0.869. The molecule has 0 atom stereocenters. The Morgan fingerprint density at radius 1 is 1.39 bits per heavy atom. The topological polar surface area (TPSA) is 67.2 Å². The van der Waals surface area contributed by atoms with E-state index in [1.54, 1.807) is 12.1 Å². The summed E-state index contributed by atoms with van der Waals surface area (Å²) in [6.45, 7) is 1.96. The van der Waals surface area contributed by atoms with Crippen LogP contribution in [0, 0.1) is 0 Å². The van der Waals surface area contributed by atoms with Crippen LogP contribution in [0.3, 0.4) is 0 Å². The molecule has 0 aromatic heterocycles. The second-order valence-electron chi connectivity index (χ2n) is 4.57. The summed E-state index contributed by atoms with van der Waals surface area (Å²) in [5.41, 5.74) is 6.73. The minimum atomic E-state index is -0.407. The van der Waals surface area contributed by atoms with Crippen LogP contribution in [0.1, 0.15) is 29.6 Å². The van der Waals surface area contributed by atoms with Crippen molar-refractivity contribution in [3.8, 4) is 0 Å². The monoisotopic (exact) mass is 311 g/mol. The predicted octanol–water partition coefficient (Wildman–Crippen LogP) is 2.10. The molecule has 1 fully saturated rings. The average molecular weight is 312 g/mol. The van der Waals surface area contributed by atoms with Gasteiger partial charge in [0.2, 0.25) is 5.91 Å². The van der Waals surface area contributed by atoms with Crippen molar-refractivity contribution in [1.29, 1.82) is 0 Å². The van der Waals surface area contributed by atoms with Gasteiger partial charge in [-0.1, -0.05) is 0 Å². The van der Waals surface area contributed by atoms with E-state index in [4.69, 9.17) is 5.73 Å². The fourth-order valence-electron chi connectivity index (χ4n) is 1.72. The average Bonchev–Trinajstić information content (AvgIpc) is 3.14. The van der Waals surface area contributed by atoms with E-state index >= 15 is 0 Å². The van der Waals surface area contributed by atoms with Gasteiger partial charge >= 0.3 is 0 Å². The van der Waals surface area contributed by atoms with Crippen molar-refractivity contribution >= 4 is 27.5 Å². The molecule has 2 rings (SSSR count). The number of carbonyl (C=O) groups excluding carboxylic acids is 1. The number of carbonyl (C=O) groups is 1. The molecule has 0 saturated heterocycles. The molecule has 5 heteroatoms. The van der Waals surface area contributed by atoms with Gasteiger partial charge in [-0.3, -0.25) is 4.79 Å². The Hall–Kier alpha value is -1.07. The molecule has 4 nitrogen and oxygen atoms in total. The van der Waals surface area contributed by atoms with Crippen LogP contribution >= 0.6 is 15.9 Å². The molecule has 1 aromatic carbocycles. The van der Waals surface area contributed by atoms with Crippen LogP contribution in [-0.4, -0.2) is 25.0 Å². The maximum atomic E-state index is 11.0. The smallest absolute Gasteiger partial charge is 0.248 e. The van der Waals surface area contributed by atoms with Gasteiger partial charge in [-0.2, -0.15) is 0 Å². The van der Waals surface area contributed by atoms with Gasteiger partial charge in [0.1, 0.15) is 0 Å². The molecule has 1 amide bonds. The van der Waals surface area contributed by atoms with Crippen LogP contribution in [0.5, 0.6) is 0 Å². The number of halogens is 1. The lowest BCUT2D eigenvalue weighted by Gasteiger charge is -2.09. The number of hydrogen-bond donors (Lipinski definition) is 3. The van der Waals surface area contributed by atoms with Gasteiger partial charge in [-0.15, -0.1) is 0 Å². The molecule has 1 saturated carbocycles. The van der Waals surface area contributed by atoms with E-state index < -0.39 is 5.91 Å². The lowest BCUT2D eigenvalue weighted by molar-refractivity contribution is 0.100. The first-order valence-electron chi connectivity index (χ1n) is 6.23. The molecule has 0 heterocycles.